The lowest BCUT2D eigenvalue weighted by Gasteiger charge is -2.21. The number of nitrogens with one attached hydrogen (secondary N) is 2. The average molecular weight is 280 g/mol. The highest BCUT2D eigenvalue weighted by atomic mass is 16.4. The van der Waals surface area contributed by atoms with Gasteiger partial charge in [-0.1, -0.05) is 29.8 Å². The van der Waals surface area contributed by atoms with E-state index >= 15 is 0 Å². The number of carboxylic acid groups (broad SMARTS) is 1. The average Bonchev–Trinajstić information content (AvgIpc) is 2.34. The second kappa shape index (κ2) is 6.91. The summed E-state index contributed by atoms with van der Waals surface area (Å²) in [5.41, 5.74) is 0.638. The molecule has 1 aromatic rings. The highest BCUT2D eigenvalue weighted by Crippen LogP contribution is 2.07. The van der Waals surface area contributed by atoms with E-state index in [4.69, 9.17) is 5.11 Å². The number of aliphatic carboxylic acids is 1. The van der Waals surface area contributed by atoms with E-state index in [2.05, 4.69) is 10.6 Å². The van der Waals surface area contributed by atoms with Crippen molar-refractivity contribution in [3.05, 3.63) is 35.4 Å². The van der Waals surface area contributed by atoms with E-state index in [1.54, 1.807) is 0 Å². The molecule has 1 atom stereocenters. The van der Waals surface area contributed by atoms with Crippen molar-refractivity contribution in [2.45, 2.75) is 32.4 Å². The van der Waals surface area contributed by atoms with E-state index in [0.717, 1.165) is 11.1 Å². The summed E-state index contributed by atoms with van der Waals surface area (Å²) in [4.78, 5) is 22.0. The maximum absolute atomic E-state index is 11.5. The summed E-state index contributed by atoms with van der Waals surface area (Å²) in [6.07, 6.45) is -0.425. The summed E-state index contributed by atoms with van der Waals surface area (Å²) in [6.45, 7) is 3.59. The number of rotatable bonds is 6. The summed E-state index contributed by atoms with van der Waals surface area (Å²) in [6, 6.07) is 7.28. The molecule has 20 heavy (non-hydrogen) atoms. The number of carbonyl (C=O) groups excluding carboxylic acids is 1. The lowest BCUT2D eigenvalue weighted by molar-refractivity contribution is -0.141. The van der Waals surface area contributed by atoms with Gasteiger partial charge in [0.1, 0.15) is 0 Å². The van der Waals surface area contributed by atoms with Crippen LogP contribution < -0.4 is 10.6 Å². The molecule has 1 unspecified atom stereocenters. The van der Waals surface area contributed by atoms with Crippen LogP contribution in [-0.2, 0) is 11.3 Å². The fourth-order valence-corrected chi connectivity index (χ4v) is 1.61. The molecule has 0 aliphatic carbocycles. The third-order valence-electron chi connectivity index (χ3n) is 2.74. The maximum atomic E-state index is 11.5. The van der Waals surface area contributed by atoms with Gasteiger partial charge in [-0.2, -0.15) is 0 Å². The zero-order valence-electron chi connectivity index (χ0n) is 11.6. The molecule has 0 aromatic heterocycles. The number of urea groups is 1. The number of hydrogen-bond acceptors (Lipinski definition) is 3. The Labute approximate surface area is 117 Å². The van der Waals surface area contributed by atoms with Gasteiger partial charge >= 0.3 is 12.0 Å². The zero-order valence-corrected chi connectivity index (χ0v) is 11.6. The van der Waals surface area contributed by atoms with E-state index in [9.17, 15) is 14.7 Å². The van der Waals surface area contributed by atoms with Crippen molar-refractivity contribution in [1.29, 1.82) is 0 Å². The fraction of sp³-hybridized carbons (Fsp3) is 0.429. The molecule has 110 valence electrons. The Morgan fingerprint density at radius 2 is 1.80 bits per heavy atom. The van der Waals surface area contributed by atoms with Crippen molar-refractivity contribution in [1.82, 2.24) is 10.6 Å². The highest BCUT2D eigenvalue weighted by Gasteiger charge is 2.24. The van der Waals surface area contributed by atoms with Gasteiger partial charge < -0.3 is 20.8 Å². The van der Waals surface area contributed by atoms with Crippen LogP contribution in [0.5, 0.6) is 0 Å². The first-order valence-electron chi connectivity index (χ1n) is 6.30. The second-order valence-corrected chi connectivity index (χ2v) is 5.09. The number of benzene rings is 1. The quantitative estimate of drug-likeness (QED) is 0.625. The predicted molar refractivity (Wildman–Crippen MR) is 74.3 cm³/mol. The molecular formula is C14H20N2O4. The maximum Gasteiger partial charge on any atom is 0.315 e. The van der Waals surface area contributed by atoms with Gasteiger partial charge in [-0.25, -0.2) is 4.79 Å². The molecule has 4 N–H and O–H groups in total. The van der Waals surface area contributed by atoms with Gasteiger partial charge in [-0.05, 0) is 19.4 Å². The molecule has 0 spiro atoms. The third kappa shape index (κ3) is 6.19. The Kier molecular flexibility index (Phi) is 5.52. The molecule has 2 amide bonds. The van der Waals surface area contributed by atoms with Crippen LogP contribution >= 0.6 is 0 Å². The molecule has 1 aromatic carbocycles. The van der Waals surface area contributed by atoms with Crippen molar-refractivity contribution in [2.75, 3.05) is 6.54 Å². The molecule has 1 rings (SSSR count). The lowest BCUT2D eigenvalue weighted by atomic mass is 10.0. The molecule has 0 saturated carbocycles. The minimum Gasteiger partial charge on any atom is -0.481 e. The first kappa shape index (κ1) is 16.0. The van der Waals surface area contributed by atoms with Crippen molar-refractivity contribution in [3.8, 4) is 0 Å². The number of carbonyl (C=O) groups is 2. The van der Waals surface area contributed by atoms with Gasteiger partial charge in [0.25, 0.3) is 0 Å². The molecule has 0 bridgehead atoms. The van der Waals surface area contributed by atoms with Crippen LogP contribution in [0.25, 0.3) is 0 Å². The SMILES string of the molecule is Cc1ccc(CNC(=O)NCC(C)(O)CC(=O)O)cc1. The Balaban J connectivity index is 2.33. The summed E-state index contributed by atoms with van der Waals surface area (Å²) in [5, 5.41) is 23.4. The van der Waals surface area contributed by atoms with Crippen molar-refractivity contribution < 1.29 is 19.8 Å². The minimum absolute atomic E-state index is 0.126. The van der Waals surface area contributed by atoms with Crippen LogP contribution in [0.15, 0.2) is 24.3 Å². The normalized spacial score (nSPS) is 13.3. The number of aliphatic hydroxyl groups is 1. The molecule has 0 saturated heterocycles. The monoisotopic (exact) mass is 280 g/mol. The molecule has 6 heteroatoms. The van der Waals surface area contributed by atoms with Crippen LogP contribution in [0.1, 0.15) is 24.5 Å². The summed E-state index contributed by atoms with van der Waals surface area (Å²) < 4.78 is 0. The Hall–Kier alpha value is -2.08. The van der Waals surface area contributed by atoms with Gasteiger partial charge in [-0.15, -0.1) is 0 Å². The number of hydrogen-bond donors (Lipinski definition) is 4. The molecule has 0 heterocycles. The van der Waals surface area contributed by atoms with Crippen LogP contribution in [0.4, 0.5) is 4.79 Å². The van der Waals surface area contributed by atoms with Crippen molar-refractivity contribution in [3.63, 3.8) is 0 Å². The standard InChI is InChI=1S/C14H20N2O4/c1-10-3-5-11(6-4-10)8-15-13(19)16-9-14(2,20)7-12(17)18/h3-6,20H,7-9H2,1-2H3,(H,17,18)(H2,15,16,19). The fourth-order valence-electron chi connectivity index (χ4n) is 1.61. The molecular weight excluding hydrogens is 260 g/mol. The highest BCUT2D eigenvalue weighted by molar-refractivity contribution is 5.74. The van der Waals surface area contributed by atoms with Crippen molar-refractivity contribution >= 4 is 12.0 Å². The number of amides is 2. The number of aryl methyl sites for hydroxylation is 1. The zero-order chi connectivity index (χ0) is 15.2. The summed E-state index contributed by atoms with van der Waals surface area (Å²) in [5.74, 6) is -1.11. The van der Waals surface area contributed by atoms with Crippen molar-refractivity contribution in [2.24, 2.45) is 0 Å². The number of carboxylic acids is 1. The topological polar surface area (TPSA) is 98.7 Å². The van der Waals surface area contributed by atoms with E-state index in [1.807, 2.05) is 31.2 Å². The first-order valence-corrected chi connectivity index (χ1v) is 6.30. The van der Waals surface area contributed by atoms with Crippen LogP contribution in [0.3, 0.4) is 0 Å². The lowest BCUT2D eigenvalue weighted by Crippen LogP contribution is -2.45. The molecule has 0 radical (unpaired) electrons. The Morgan fingerprint density at radius 3 is 2.35 bits per heavy atom. The van der Waals surface area contributed by atoms with Gasteiger partial charge in [0.2, 0.25) is 0 Å². The molecule has 6 nitrogen and oxygen atoms in total. The summed E-state index contributed by atoms with van der Waals surface area (Å²) in [7, 11) is 0. The molecule has 0 fully saturated rings. The molecule has 0 aliphatic rings. The van der Waals surface area contributed by atoms with E-state index in [-0.39, 0.29) is 6.54 Å². The Bertz CT molecular complexity index is 469. The second-order valence-electron chi connectivity index (χ2n) is 5.09. The third-order valence-corrected chi connectivity index (χ3v) is 2.74. The van der Waals surface area contributed by atoms with Crippen LogP contribution in [-0.4, -0.2) is 34.4 Å². The van der Waals surface area contributed by atoms with Crippen LogP contribution in [0.2, 0.25) is 0 Å². The van der Waals surface area contributed by atoms with Gasteiger partial charge in [0, 0.05) is 13.1 Å². The van der Waals surface area contributed by atoms with E-state index < -0.39 is 24.0 Å². The van der Waals surface area contributed by atoms with E-state index in [1.165, 1.54) is 6.92 Å². The summed E-state index contributed by atoms with van der Waals surface area (Å²) >= 11 is 0. The first-order chi connectivity index (χ1) is 9.28. The largest absolute Gasteiger partial charge is 0.481 e. The molecule has 0 aliphatic heterocycles. The smallest absolute Gasteiger partial charge is 0.315 e. The minimum atomic E-state index is -1.47. The predicted octanol–water partition coefficient (Wildman–Crippen LogP) is 1.02. The van der Waals surface area contributed by atoms with E-state index in [0.29, 0.717) is 6.54 Å². The van der Waals surface area contributed by atoms with Gasteiger partial charge in [-0.3, -0.25) is 4.79 Å². The van der Waals surface area contributed by atoms with Gasteiger partial charge in [0.15, 0.2) is 0 Å². The Morgan fingerprint density at radius 1 is 1.20 bits per heavy atom. The van der Waals surface area contributed by atoms with Crippen LogP contribution in [0, 0.1) is 6.92 Å². The van der Waals surface area contributed by atoms with Gasteiger partial charge in [0.05, 0.1) is 12.0 Å².